The molecule has 1 aromatic heterocycles. The summed E-state index contributed by atoms with van der Waals surface area (Å²) in [6.07, 6.45) is 3.78. The Kier molecular flexibility index (Phi) is 6.86. The van der Waals surface area contributed by atoms with E-state index in [1.54, 1.807) is 17.7 Å². The van der Waals surface area contributed by atoms with Gasteiger partial charge in [-0.2, -0.15) is 0 Å². The van der Waals surface area contributed by atoms with Crippen molar-refractivity contribution < 1.29 is 14.7 Å². The summed E-state index contributed by atoms with van der Waals surface area (Å²) in [5.41, 5.74) is 0.757. The molecule has 0 radical (unpaired) electrons. The molecule has 2 amide bonds. The van der Waals surface area contributed by atoms with Crippen molar-refractivity contribution in [1.82, 2.24) is 19.7 Å². The number of likely N-dealkylation sites (N-methyl/N-ethyl adjacent to an activating group) is 1. The van der Waals surface area contributed by atoms with Crippen LogP contribution in [0.2, 0.25) is 0 Å². The molecule has 3 heterocycles. The van der Waals surface area contributed by atoms with Crippen molar-refractivity contribution in [2.45, 2.75) is 69.8 Å². The minimum absolute atomic E-state index is 0.000545. The van der Waals surface area contributed by atoms with Crippen molar-refractivity contribution in [3.05, 3.63) is 46.2 Å². The highest BCUT2D eigenvalue weighted by molar-refractivity contribution is 5.97. The Hall–Kier alpha value is -2.71. The summed E-state index contributed by atoms with van der Waals surface area (Å²) in [5.74, 6) is -0.314. The Morgan fingerprint density at radius 1 is 1.24 bits per heavy atom. The van der Waals surface area contributed by atoms with E-state index in [1.165, 1.54) is 4.90 Å². The summed E-state index contributed by atoms with van der Waals surface area (Å²) in [5, 5.41) is 14.4. The molecule has 1 aromatic carbocycles. The topological polar surface area (TPSA) is 94.9 Å². The minimum Gasteiger partial charge on any atom is -0.390 e. The standard InChI is InChI=1S/C25H34N4O4/c1-16(2)29-23-7-5-4-6-17(23)10-22(25(29)33)24(32)26-18-11-19-8-9-20(12-18)28(19)14-21(31)13-27(3)15-30/h4-7,10,15-16,18-21,31H,8-9,11-14H2,1-3H3,(H,26,32)/t18?,19-,20+,21-/m0/s1. The van der Waals surface area contributed by atoms with Crippen molar-refractivity contribution in [1.29, 1.82) is 0 Å². The van der Waals surface area contributed by atoms with Crippen LogP contribution in [0.4, 0.5) is 0 Å². The maximum absolute atomic E-state index is 13.2. The molecule has 1 unspecified atom stereocenters. The monoisotopic (exact) mass is 454 g/mol. The molecule has 178 valence electrons. The van der Waals surface area contributed by atoms with E-state index < -0.39 is 6.10 Å². The van der Waals surface area contributed by atoms with Gasteiger partial charge in [-0.15, -0.1) is 0 Å². The molecule has 4 rings (SSSR count). The maximum atomic E-state index is 13.2. The van der Waals surface area contributed by atoms with Crippen LogP contribution in [0.25, 0.3) is 10.9 Å². The second-order valence-corrected chi connectivity index (χ2v) is 9.81. The van der Waals surface area contributed by atoms with Gasteiger partial charge in [-0.05, 0) is 57.0 Å². The number of piperidine rings is 1. The summed E-state index contributed by atoms with van der Waals surface area (Å²) in [6, 6.07) is 9.87. The van der Waals surface area contributed by atoms with Crippen LogP contribution in [0.5, 0.6) is 0 Å². The second kappa shape index (κ2) is 9.65. The molecule has 2 N–H and O–H groups in total. The zero-order chi connectivity index (χ0) is 23.7. The molecule has 4 atom stereocenters. The van der Waals surface area contributed by atoms with Crippen LogP contribution in [-0.4, -0.2) is 76.2 Å². The van der Waals surface area contributed by atoms with Gasteiger partial charge in [-0.3, -0.25) is 19.3 Å². The van der Waals surface area contributed by atoms with Gasteiger partial charge in [0, 0.05) is 44.3 Å². The molecule has 2 fully saturated rings. The Labute approximate surface area is 194 Å². The Morgan fingerprint density at radius 2 is 1.91 bits per heavy atom. The molecule has 2 aromatic rings. The number of pyridine rings is 1. The van der Waals surface area contributed by atoms with Crippen molar-refractivity contribution in [3.63, 3.8) is 0 Å². The third kappa shape index (κ3) is 4.82. The highest BCUT2D eigenvalue weighted by Crippen LogP contribution is 2.36. The number of carbonyl (C=O) groups excluding carboxylic acids is 2. The van der Waals surface area contributed by atoms with Crippen molar-refractivity contribution in [2.75, 3.05) is 20.1 Å². The second-order valence-electron chi connectivity index (χ2n) is 9.81. The number of para-hydroxylation sites is 1. The zero-order valence-electron chi connectivity index (χ0n) is 19.6. The van der Waals surface area contributed by atoms with Gasteiger partial charge in [0.05, 0.1) is 11.6 Å². The summed E-state index contributed by atoms with van der Waals surface area (Å²) in [6.45, 7) is 4.73. The normalized spacial score (nSPS) is 23.6. The molecule has 0 aliphatic carbocycles. The molecule has 8 heteroatoms. The lowest BCUT2D eigenvalue weighted by atomic mass is 9.96. The number of fused-ring (bicyclic) bond motifs is 3. The van der Waals surface area contributed by atoms with E-state index >= 15 is 0 Å². The van der Waals surface area contributed by atoms with Crippen molar-refractivity contribution in [3.8, 4) is 0 Å². The number of aromatic nitrogens is 1. The van der Waals surface area contributed by atoms with Gasteiger partial charge in [0.25, 0.3) is 11.5 Å². The molecule has 2 bridgehead atoms. The first-order valence-electron chi connectivity index (χ1n) is 11.8. The Balaban J connectivity index is 1.47. The van der Waals surface area contributed by atoms with Gasteiger partial charge in [-0.25, -0.2) is 0 Å². The largest absolute Gasteiger partial charge is 0.390 e. The third-order valence-electron chi connectivity index (χ3n) is 7.03. The van der Waals surface area contributed by atoms with E-state index in [1.807, 2.05) is 38.1 Å². The number of aliphatic hydroxyl groups is 1. The van der Waals surface area contributed by atoms with Crippen molar-refractivity contribution >= 4 is 23.2 Å². The number of hydrogen-bond acceptors (Lipinski definition) is 5. The number of nitrogens with zero attached hydrogens (tertiary/aromatic N) is 3. The van der Waals surface area contributed by atoms with Crippen LogP contribution >= 0.6 is 0 Å². The van der Waals surface area contributed by atoms with Gasteiger partial charge >= 0.3 is 0 Å². The van der Waals surface area contributed by atoms with E-state index in [4.69, 9.17) is 0 Å². The molecule has 33 heavy (non-hydrogen) atoms. The van der Waals surface area contributed by atoms with Gasteiger partial charge in [0.1, 0.15) is 5.56 Å². The van der Waals surface area contributed by atoms with Gasteiger partial charge in [0.2, 0.25) is 6.41 Å². The number of aliphatic hydroxyl groups excluding tert-OH is 1. The van der Waals surface area contributed by atoms with Crippen LogP contribution in [0, 0.1) is 0 Å². The lowest BCUT2D eigenvalue weighted by Gasteiger charge is -2.40. The number of hydrogen-bond donors (Lipinski definition) is 2. The van der Waals surface area contributed by atoms with E-state index in [9.17, 15) is 19.5 Å². The smallest absolute Gasteiger partial charge is 0.264 e. The average Bonchev–Trinajstić information content (AvgIpc) is 3.00. The van der Waals surface area contributed by atoms with E-state index in [-0.39, 0.29) is 41.2 Å². The SMILES string of the molecule is CC(C)n1c(=O)c(C(=O)NC2C[C@H]3CC[C@@H](C2)N3C[C@@H](O)CN(C)C=O)cc2ccccc21. The van der Waals surface area contributed by atoms with Gasteiger partial charge in [0.15, 0.2) is 0 Å². The molecule has 2 saturated heterocycles. The zero-order valence-corrected chi connectivity index (χ0v) is 19.6. The Morgan fingerprint density at radius 3 is 2.55 bits per heavy atom. The highest BCUT2D eigenvalue weighted by Gasteiger charge is 2.41. The van der Waals surface area contributed by atoms with E-state index in [0.29, 0.717) is 13.1 Å². The third-order valence-corrected chi connectivity index (χ3v) is 7.03. The average molecular weight is 455 g/mol. The first kappa shape index (κ1) is 23.4. The summed E-state index contributed by atoms with van der Waals surface area (Å²) < 4.78 is 1.69. The highest BCUT2D eigenvalue weighted by atomic mass is 16.3. The fourth-order valence-electron chi connectivity index (χ4n) is 5.59. The van der Waals surface area contributed by atoms with Crippen LogP contribution < -0.4 is 10.9 Å². The summed E-state index contributed by atoms with van der Waals surface area (Å²) in [7, 11) is 1.66. The number of rotatable bonds is 8. The molecule has 0 saturated carbocycles. The number of benzene rings is 1. The number of amides is 2. The summed E-state index contributed by atoms with van der Waals surface area (Å²) in [4.78, 5) is 41.0. The molecule has 2 aliphatic heterocycles. The summed E-state index contributed by atoms with van der Waals surface area (Å²) >= 11 is 0. The van der Waals surface area contributed by atoms with Crippen LogP contribution in [-0.2, 0) is 4.79 Å². The lowest BCUT2D eigenvalue weighted by molar-refractivity contribution is -0.118. The Bertz CT molecular complexity index is 1070. The quantitative estimate of drug-likeness (QED) is 0.593. The number of carbonyl (C=O) groups is 2. The molecule has 8 nitrogen and oxygen atoms in total. The van der Waals surface area contributed by atoms with Gasteiger partial charge in [-0.1, -0.05) is 18.2 Å². The van der Waals surface area contributed by atoms with E-state index in [0.717, 1.165) is 43.0 Å². The van der Waals surface area contributed by atoms with Crippen molar-refractivity contribution in [2.24, 2.45) is 0 Å². The molecular weight excluding hydrogens is 420 g/mol. The first-order chi connectivity index (χ1) is 15.8. The fourth-order valence-corrected chi connectivity index (χ4v) is 5.59. The molecule has 0 spiro atoms. The first-order valence-corrected chi connectivity index (χ1v) is 11.8. The predicted octanol–water partition coefficient (Wildman–Crippen LogP) is 1.76. The predicted molar refractivity (Wildman–Crippen MR) is 127 cm³/mol. The van der Waals surface area contributed by atoms with Crippen LogP contribution in [0.15, 0.2) is 35.1 Å². The lowest BCUT2D eigenvalue weighted by Crippen LogP contribution is -2.53. The van der Waals surface area contributed by atoms with Crippen LogP contribution in [0.1, 0.15) is 55.9 Å². The van der Waals surface area contributed by atoms with Crippen LogP contribution in [0.3, 0.4) is 0 Å². The molecular formula is C25H34N4O4. The van der Waals surface area contributed by atoms with Gasteiger partial charge < -0.3 is 19.9 Å². The molecule has 2 aliphatic rings. The number of nitrogens with one attached hydrogen (secondary N) is 1. The maximum Gasteiger partial charge on any atom is 0.264 e. The fraction of sp³-hybridized carbons (Fsp3) is 0.560. The van der Waals surface area contributed by atoms with E-state index in [2.05, 4.69) is 10.2 Å². The minimum atomic E-state index is -0.596.